The number of aliphatic imine (C=N–C) groups is 1. The molecule has 2 N–H and O–H groups in total. The van der Waals surface area contributed by atoms with Gasteiger partial charge in [0.25, 0.3) is 0 Å². The Labute approximate surface area is 148 Å². The number of hydrogen-bond donors (Lipinski definition) is 2. The largest absolute Gasteiger partial charge is 0.492 e. The van der Waals surface area contributed by atoms with E-state index in [1.165, 1.54) is 0 Å². The number of aryl methyl sites for hydroxylation is 1. The summed E-state index contributed by atoms with van der Waals surface area (Å²) >= 11 is 0.955. The first-order valence-electron chi connectivity index (χ1n) is 7.54. The fourth-order valence-electron chi connectivity index (χ4n) is 1.88. The predicted octanol–water partition coefficient (Wildman–Crippen LogP) is 3.21. The molecule has 0 atom stereocenters. The number of alkyl halides is 3. The first-order chi connectivity index (χ1) is 11.9. The molecular weight excluding hydrogens is 353 g/mol. The Kier molecular flexibility index (Phi) is 6.63. The lowest BCUT2D eigenvalue weighted by Crippen LogP contribution is -2.38. The molecule has 9 heteroatoms. The molecule has 5 nitrogen and oxygen atoms in total. The number of guanidine groups is 1. The summed E-state index contributed by atoms with van der Waals surface area (Å²) in [5.74, 6) is 1.24. The van der Waals surface area contributed by atoms with Gasteiger partial charge in [-0.25, -0.2) is 4.98 Å². The topological polar surface area (TPSA) is 58.5 Å². The average molecular weight is 372 g/mol. The third-order valence-corrected chi connectivity index (χ3v) is 4.01. The smallest absolute Gasteiger partial charge is 0.434 e. The molecule has 25 heavy (non-hydrogen) atoms. The standard InChI is InChI=1S/C16H19F3N4OS/c1-11-3-5-12(6-4-11)24-8-7-21-15(20-2)22-9-14-23-13(10-25-14)16(17,18)19/h3-6,10H,7-9H2,1-2H3,(H2,20,21,22). The van der Waals surface area contributed by atoms with Gasteiger partial charge in [-0.1, -0.05) is 17.7 Å². The highest BCUT2D eigenvalue weighted by Crippen LogP contribution is 2.29. The third kappa shape index (κ3) is 6.26. The van der Waals surface area contributed by atoms with Gasteiger partial charge >= 0.3 is 6.18 Å². The normalized spacial score (nSPS) is 12.1. The molecule has 2 aromatic rings. The molecule has 0 aliphatic rings. The second-order valence-electron chi connectivity index (χ2n) is 5.14. The van der Waals surface area contributed by atoms with Crippen LogP contribution in [0.1, 0.15) is 16.3 Å². The maximum Gasteiger partial charge on any atom is 0.434 e. The van der Waals surface area contributed by atoms with Crippen molar-refractivity contribution in [1.29, 1.82) is 0 Å². The lowest BCUT2D eigenvalue weighted by Gasteiger charge is -2.11. The van der Waals surface area contributed by atoms with Crippen LogP contribution in [0.5, 0.6) is 5.75 Å². The summed E-state index contributed by atoms with van der Waals surface area (Å²) in [5.41, 5.74) is 0.287. The Morgan fingerprint density at radius 1 is 1.24 bits per heavy atom. The molecule has 0 unspecified atom stereocenters. The Morgan fingerprint density at radius 3 is 2.56 bits per heavy atom. The van der Waals surface area contributed by atoms with Gasteiger partial charge in [0.2, 0.25) is 0 Å². The van der Waals surface area contributed by atoms with Crippen LogP contribution >= 0.6 is 11.3 Å². The highest BCUT2D eigenvalue weighted by molar-refractivity contribution is 7.09. The van der Waals surface area contributed by atoms with Crippen LogP contribution in [0.25, 0.3) is 0 Å². The Morgan fingerprint density at radius 2 is 1.96 bits per heavy atom. The molecule has 0 fully saturated rings. The van der Waals surface area contributed by atoms with Gasteiger partial charge in [0.15, 0.2) is 11.7 Å². The highest BCUT2D eigenvalue weighted by Gasteiger charge is 2.33. The number of nitrogens with one attached hydrogen (secondary N) is 2. The van der Waals surface area contributed by atoms with Crippen molar-refractivity contribution in [1.82, 2.24) is 15.6 Å². The summed E-state index contributed by atoms with van der Waals surface area (Å²) in [7, 11) is 1.58. The van der Waals surface area contributed by atoms with E-state index in [4.69, 9.17) is 4.74 Å². The number of rotatable bonds is 6. The van der Waals surface area contributed by atoms with Crippen molar-refractivity contribution in [2.45, 2.75) is 19.6 Å². The molecule has 0 aliphatic carbocycles. The van der Waals surface area contributed by atoms with Gasteiger partial charge in [-0.15, -0.1) is 11.3 Å². The Bertz CT molecular complexity index is 698. The van der Waals surface area contributed by atoms with Gasteiger partial charge in [-0.3, -0.25) is 4.99 Å². The van der Waals surface area contributed by atoms with Crippen LogP contribution < -0.4 is 15.4 Å². The molecule has 136 valence electrons. The van der Waals surface area contributed by atoms with Crippen molar-refractivity contribution in [2.24, 2.45) is 4.99 Å². The van der Waals surface area contributed by atoms with E-state index in [0.717, 1.165) is 28.0 Å². The average Bonchev–Trinajstić information content (AvgIpc) is 3.05. The van der Waals surface area contributed by atoms with E-state index < -0.39 is 11.9 Å². The van der Waals surface area contributed by atoms with Crippen LogP contribution in [0.15, 0.2) is 34.6 Å². The van der Waals surface area contributed by atoms with E-state index in [1.807, 2.05) is 31.2 Å². The summed E-state index contributed by atoms with van der Waals surface area (Å²) < 4.78 is 43.1. The molecule has 1 aromatic heterocycles. The minimum absolute atomic E-state index is 0.166. The molecule has 1 aromatic carbocycles. The zero-order valence-corrected chi connectivity index (χ0v) is 14.7. The first kappa shape index (κ1) is 19.0. The number of benzene rings is 1. The summed E-state index contributed by atoms with van der Waals surface area (Å²) in [4.78, 5) is 7.56. The second kappa shape index (κ2) is 8.70. The van der Waals surface area contributed by atoms with Crippen molar-refractivity contribution < 1.29 is 17.9 Å². The SMILES string of the molecule is CN=C(NCCOc1ccc(C)cc1)NCc1nc(C(F)(F)F)cs1. The van der Waals surface area contributed by atoms with E-state index in [9.17, 15) is 13.2 Å². The van der Waals surface area contributed by atoms with Crippen LogP contribution in [0.4, 0.5) is 13.2 Å². The van der Waals surface area contributed by atoms with Crippen LogP contribution in [-0.4, -0.2) is 31.1 Å². The van der Waals surface area contributed by atoms with Crippen molar-refractivity contribution in [3.8, 4) is 5.75 Å². The van der Waals surface area contributed by atoms with Crippen LogP contribution in [0.3, 0.4) is 0 Å². The summed E-state index contributed by atoms with van der Waals surface area (Å²) in [6.45, 7) is 3.10. The number of halogens is 3. The number of hydrogen-bond acceptors (Lipinski definition) is 4. The van der Waals surface area contributed by atoms with Gasteiger partial charge < -0.3 is 15.4 Å². The number of nitrogens with zero attached hydrogens (tertiary/aromatic N) is 2. The van der Waals surface area contributed by atoms with Gasteiger partial charge in [-0.05, 0) is 19.1 Å². The van der Waals surface area contributed by atoms with Crippen molar-refractivity contribution in [3.05, 3.63) is 45.9 Å². The molecule has 0 saturated carbocycles. The molecule has 0 saturated heterocycles. The van der Waals surface area contributed by atoms with E-state index in [-0.39, 0.29) is 6.54 Å². The molecule has 0 bridgehead atoms. The molecule has 0 radical (unpaired) electrons. The van der Waals surface area contributed by atoms with Crippen molar-refractivity contribution >= 4 is 17.3 Å². The number of aromatic nitrogens is 1. The van der Waals surface area contributed by atoms with E-state index in [2.05, 4.69) is 20.6 Å². The van der Waals surface area contributed by atoms with E-state index >= 15 is 0 Å². The first-order valence-corrected chi connectivity index (χ1v) is 8.42. The van der Waals surface area contributed by atoms with Gasteiger partial charge in [0.05, 0.1) is 13.1 Å². The lowest BCUT2D eigenvalue weighted by molar-refractivity contribution is -0.140. The monoisotopic (exact) mass is 372 g/mol. The fraction of sp³-hybridized carbons (Fsp3) is 0.375. The fourth-order valence-corrected chi connectivity index (χ4v) is 2.62. The zero-order chi connectivity index (χ0) is 18.3. The summed E-state index contributed by atoms with van der Waals surface area (Å²) in [5, 5.41) is 7.29. The lowest BCUT2D eigenvalue weighted by atomic mass is 10.2. The minimum atomic E-state index is -4.41. The van der Waals surface area contributed by atoms with Crippen molar-refractivity contribution in [3.63, 3.8) is 0 Å². The molecule has 0 aliphatic heterocycles. The van der Waals surface area contributed by atoms with Gasteiger partial charge in [0, 0.05) is 12.4 Å². The van der Waals surface area contributed by atoms with Crippen LogP contribution in [0, 0.1) is 6.92 Å². The Hall–Kier alpha value is -2.29. The highest BCUT2D eigenvalue weighted by atomic mass is 32.1. The predicted molar refractivity (Wildman–Crippen MR) is 92.0 cm³/mol. The molecule has 2 rings (SSSR count). The maximum absolute atomic E-state index is 12.5. The second-order valence-corrected chi connectivity index (χ2v) is 6.08. The molecule has 1 heterocycles. The molecular formula is C16H19F3N4OS. The Balaban J connectivity index is 1.72. The maximum atomic E-state index is 12.5. The van der Waals surface area contributed by atoms with E-state index in [0.29, 0.717) is 24.1 Å². The number of ether oxygens (including phenoxy) is 1. The van der Waals surface area contributed by atoms with Crippen LogP contribution in [0.2, 0.25) is 0 Å². The van der Waals surface area contributed by atoms with E-state index in [1.54, 1.807) is 7.05 Å². The summed E-state index contributed by atoms with van der Waals surface area (Å²) in [6.07, 6.45) is -4.41. The van der Waals surface area contributed by atoms with Gasteiger partial charge in [0.1, 0.15) is 17.4 Å². The molecule has 0 amide bonds. The number of thiazole rings is 1. The van der Waals surface area contributed by atoms with Crippen molar-refractivity contribution in [2.75, 3.05) is 20.2 Å². The summed E-state index contributed by atoms with van der Waals surface area (Å²) in [6, 6.07) is 7.71. The quantitative estimate of drug-likeness (QED) is 0.464. The van der Waals surface area contributed by atoms with Crippen LogP contribution in [-0.2, 0) is 12.7 Å². The third-order valence-electron chi connectivity index (χ3n) is 3.16. The molecule has 0 spiro atoms. The minimum Gasteiger partial charge on any atom is -0.492 e. The zero-order valence-electron chi connectivity index (χ0n) is 13.9. The van der Waals surface area contributed by atoms with Gasteiger partial charge in [-0.2, -0.15) is 13.2 Å².